The number of nitrogens with zero attached hydrogens (tertiary/aromatic N) is 2. The highest BCUT2D eigenvalue weighted by Gasteiger charge is 2.34. The monoisotopic (exact) mass is 400 g/mol. The number of aliphatic imine (C=N–C) groups is 1. The Bertz CT molecular complexity index is 947. The number of methoxy groups -OCH3 is 2. The van der Waals surface area contributed by atoms with Gasteiger partial charge in [0.2, 0.25) is 0 Å². The van der Waals surface area contributed by atoms with E-state index in [0.29, 0.717) is 22.2 Å². The number of carbonyl (C=O) groups excluding carboxylic acids is 3. The van der Waals surface area contributed by atoms with Crippen molar-refractivity contribution < 1.29 is 28.3 Å². The molecule has 8 nitrogen and oxygen atoms in total. The third-order valence-electron chi connectivity index (χ3n) is 3.75. The van der Waals surface area contributed by atoms with Gasteiger partial charge in [-0.3, -0.25) is 9.69 Å². The predicted molar refractivity (Wildman–Crippen MR) is 102 cm³/mol. The van der Waals surface area contributed by atoms with Crippen molar-refractivity contribution in [3.8, 4) is 0 Å². The average Bonchev–Trinajstić information content (AvgIpc) is 3.32. The van der Waals surface area contributed by atoms with Crippen molar-refractivity contribution in [3.05, 3.63) is 65.0 Å². The molecule has 0 aliphatic carbocycles. The number of furan rings is 1. The van der Waals surface area contributed by atoms with Gasteiger partial charge in [-0.05, 0) is 48.2 Å². The molecule has 0 saturated carbocycles. The molecule has 0 radical (unpaired) electrons. The number of benzene rings is 1. The summed E-state index contributed by atoms with van der Waals surface area (Å²) in [6, 6.07) is 9.89. The standard InChI is InChI=1S/C19H16N2O6S/c1-25-16(22)10-15-17(23)21(11-14-4-3-9-27-14)19(28-15)20-13-7-5-12(6-8-13)18(24)26-2/h3-10H,11H2,1-2H3. The summed E-state index contributed by atoms with van der Waals surface area (Å²) >= 11 is 1.06. The molecule has 0 unspecified atom stereocenters. The Morgan fingerprint density at radius 1 is 1.18 bits per heavy atom. The molecule has 0 N–H and O–H groups in total. The van der Waals surface area contributed by atoms with Crippen molar-refractivity contribution in [2.24, 2.45) is 4.99 Å². The lowest BCUT2D eigenvalue weighted by atomic mass is 10.2. The maximum absolute atomic E-state index is 12.7. The van der Waals surface area contributed by atoms with E-state index >= 15 is 0 Å². The van der Waals surface area contributed by atoms with Crippen LogP contribution in [0, 0.1) is 0 Å². The van der Waals surface area contributed by atoms with Gasteiger partial charge in [0.15, 0.2) is 5.17 Å². The van der Waals surface area contributed by atoms with Crippen LogP contribution in [0.2, 0.25) is 0 Å². The summed E-state index contributed by atoms with van der Waals surface area (Å²) in [7, 11) is 2.54. The molecule has 2 heterocycles. The summed E-state index contributed by atoms with van der Waals surface area (Å²) in [4.78, 5) is 41.9. The van der Waals surface area contributed by atoms with E-state index in [0.717, 1.165) is 17.8 Å². The quantitative estimate of drug-likeness (QED) is 0.562. The van der Waals surface area contributed by atoms with Crippen LogP contribution in [0.5, 0.6) is 0 Å². The van der Waals surface area contributed by atoms with E-state index in [-0.39, 0.29) is 17.4 Å². The maximum Gasteiger partial charge on any atom is 0.337 e. The van der Waals surface area contributed by atoms with Crippen molar-refractivity contribution in [2.75, 3.05) is 14.2 Å². The van der Waals surface area contributed by atoms with Crippen LogP contribution in [0.15, 0.2) is 63.1 Å². The number of amides is 1. The minimum Gasteiger partial charge on any atom is -0.467 e. The normalized spacial score (nSPS) is 16.6. The second-order valence-electron chi connectivity index (χ2n) is 5.54. The molecule has 3 rings (SSSR count). The summed E-state index contributed by atoms with van der Waals surface area (Å²) in [5, 5.41) is 0.377. The Morgan fingerprint density at radius 2 is 1.93 bits per heavy atom. The van der Waals surface area contributed by atoms with E-state index in [1.54, 1.807) is 36.4 Å². The highest BCUT2D eigenvalue weighted by molar-refractivity contribution is 8.18. The van der Waals surface area contributed by atoms with E-state index in [2.05, 4.69) is 14.5 Å². The van der Waals surface area contributed by atoms with Crippen LogP contribution >= 0.6 is 11.8 Å². The molecule has 1 aliphatic heterocycles. The maximum atomic E-state index is 12.7. The Labute approximate surface area is 164 Å². The lowest BCUT2D eigenvalue weighted by molar-refractivity contribution is -0.135. The highest BCUT2D eigenvalue weighted by Crippen LogP contribution is 2.34. The van der Waals surface area contributed by atoms with Crippen LogP contribution < -0.4 is 0 Å². The van der Waals surface area contributed by atoms with Gasteiger partial charge in [-0.1, -0.05) is 0 Å². The van der Waals surface area contributed by atoms with Gasteiger partial charge in [-0.2, -0.15) is 0 Å². The number of carbonyl (C=O) groups is 3. The molecule has 1 aliphatic rings. The first-order chi connectivity index (χ1) is 13.5. The smallest absolute Gasteiger partial charge is 0.337 e. The number of thioether (sulfide) groups is 1. The zero-order valence-corrected chi connectivity index (χ0v) is 15.9. The Balaban J connectivity index is 1.91. The molecule has 0 bridgehead atoms. The summed E-state index contributed by atoms with van der Waals surface area (Å²) in [6.07, 6.45) is 2.64. The number of amidine groups is 1. The average molecular weight is 400 g/mol. The molecule has 1 aromatic heterocycles. The Hall–Kier alpha value is -3.33. The number of ether oxygens (including phenoxy) is 2. The molecule has 1 aromatic carbocycles. The van der Waals surface area contributed by atoms with Gasteiger partial charge in [0.05, 0.1) is 43.2 Å². The van der Waals surface area contributed by atoms with Gasteiger partial charge in [0.1, 0.15) is 5.76 Å². The number of rotatable bonds is 5. The summed E-state index contributed by atoms with van der Waals surface area (Å²) in [5.74, 6) is -0.886. The van der Waals surface area contributed by atoms with E-state index < -0.39 is 11.9 Å². The third kappa shape index (κ3) is 4.32. The lowest BCUT2D eigenvalue weighted by Gasteiger charge is -2.13. The first kappa shape index (κ1) is 19.4. The SMILES string of the molecule is COC(=O)C=C1SC(=Nc2ccc(C(=O)OC)cc2)N(Cc2ccco2)C1=O. The molecule has 0 atom stereocenters. The largest absolute Gasteiger partial charge is 0.467 e. The van der Waals surface area contributed by atoms with E-state index in [4.69, 9.17) is 4.42 Å². The van der Waals surface area contributed by atoms with Gasteiger partial charge < -0.3 is 13.9 Å². The van der Waals surface area contributed by atoms with Crippen molar-refractivity contribution in [3.63, 3.8) is 0 Å². The molecule has 28 heavy (non-hydrogen) atoms. The zero-order chi connectivity index (χ0) is 20.1. The van der Waals surface area contributed by atoms with Gasteiger partial charge in [-0.15, -0.1) is 0 Å². The van der Waals surface area contributed by atoms with Gasteiger partial charge in [0, 0.05) is 6.08 Å². The first-order valence-electron chi connectivity index (χ1n) is 8.10. The summed E-state index contributed by atoms with van der Waals surface area (Å²) in [6.45, 7) is 0.163. The minimum absolute atomic E-state index is 0.163. The fourth-order valence-electron chi connectivity index (χ4n) is 2.36. The van der Waals surface area contributed by atoms with Crippen LogP contribution in [0.25, 0.3) is 0 Å². The van der Waals surface area contributed by atoms with E-state index in [1.165, 1.54) is 25.4 Å². The molecular formula is C19H16N2O6S. The first-order valence-corrected chi connectivity index (χ1v) is 8.92. The number of hydrogen-bond donors (Lipinski definition) is 0. The van der Waals surface area contributed by atoms with Crippen molar-refractivity contribution in [1.29, 1.82) is 0 Å². The second-order valence-corrected chi connectivity index (χ2v) is 6.55. The second kappa shape index (κ2) is 8.57. The van der Waals surface area contributed by atoms with Crippen molar-refractivity contribution in [2.45, 2.75) is 6.54 Å². The number of hydrogen-bond acceptors (Lipinski definition) is 8. The van der Waals surface area contributed by atoms with Crippen molar-refractivity contribution in [1.82, 2.24) is 4.90 Å². The molecule has 1 fully saturated rings. The predicted octanol–water partition coefficient (Wildman–Crippen LogP) is 2.89. The summed E-state index contributed by atoms with van der Waals surface area (Å²) < 4.78 is 14.6. The van der Waals surface area contributed by atoms with E-state index in [9.17, 15) is 14.4 Å². The third-order valence-corrected chi connectivity index (χ3v) is 4.75. The molecule has 1 amide bonds. The Morgan fingerprint density at radius 3 is 2.54 bits per heavy atom. The van der Waals surface area contributed by atoms with Crippen LogP contribution in [0.1, 0.15) is 16.1 Å². The highest BCUT2D eigenvalue weighted by atomic mass is 32.2. The van der Waals surface area contributed by atoms with Crippen LogP contribution in [-0.4, -0.2) is 42.1 Å². The van der Waals surface area contributed by atoms with Crippen LogP contribution in [0.3, 0.4) is 0 Å². The molecule has 144 valence electrons. The van der Waals surface area contributed by atoms with Gasteiger partial charge >= 0.3 is 11.9 Å². The topological polar surface area (TPSA) is 98.4 Å². The fraction of sp³-hybridized carbons (Fsp3) is 0.158. The van der Waals surface area contributed by atoms with Crippen molar-refractivity contribution >= 4 is 40.5 Å². The molecule has 1 saturated heterocycles. The molecule has 0 spiro atoms. The summed E-state index contributed by atoms with van der Waals surface area (Å²) in [5.41, 5.74) is 0.923. The lowest BCUT2D eigenvalue weighted by Crippen LogP contribution is -2.28. The Kier molecular flexibility index (Phi) is 5.95. The molecule has 2 aromatic rings. The van der Waals surface area contributed by atoms with Crippen LogP contribution in [0.4, 0.5) is 5.69 Å². The fourth-order valence-corrected chi connectivity index (χ4v) is 3.31. The van der Waals surface area contributed by atoms with E-state index in [1.807, 2.05) is 0 Å². The number of esters is 2. The molecular weight excluding hydrogens is 384 g/mol. The van der Waals surface area contributed by atoms with Gasteiger partial charge in [-0.25, -0.2) is 14.6 Å². The minimum atomic E-state index is -0.627. The zero-order valence-electron chi connectivity index (χ0n) is 15.1. The molecule has 9 heteroatoms. The van der Waals surface area contributed by atoms with Gasteiger partial charge in [0.25, 0.3) is 5.91 Å². The van der Waals surface area contributed by atoms with Crippen LogP contribution in [-0.2, 0) is 25.6 Å².